The Morgan fingerprint density at radius 2 is 2.00 bits per heavy atom. The zero-order chi connectivity index (χ0) is 7.71. The third kappa shape index (κ3) is 1.66. The van der Waals surface area contributed by atoms with Crippen molar-refractivity contribution in [2.45, 2.75) is 5.73 Å². The SMILES string of the molecule is [2H]C(F)(F)S(=O)(=O)OF. The summed E-state index contributed by atoms with van der Waals surface area (Å²) in [5, 5.41) is 0. The van der Waals surface area contributed by atoms with Crippen molar-refractivity contribution in [3.8, 4) is 0 Å². The van der Waals surface area contributed by atoms with E-state index in [1.807, 2.05) is 4.39 Å². The fraction of sp³-hybridized carbons (Fsp3) is 1.00. The first-order chi connectivity index (χ1) is 3.81. The first-order valence-corrected chi connectivity index (χ1v) is 2.64. The average molecular weight is 151 g/mol. The van der Waals surface area contributed by atoms with Gasteiger partial charge in [0.15, 0.2) is 0 Å². The van der Waals surface area contributed by atoms with E-state index in [2.05, 4.69) is 0 Å². The Hall–Kier alpha value is -0.300. The van der Waals surface area contributed by atoms with Crippen molar-refractivity contribution in [3.63, 3.8) is 0 Å². The molecule has 7 heteroatoms. The first kappa shape index (κ1) is 5.83. The molecule has 0 aromatic heterocycles. The van der Waals surface area contributed by atoms with E-state index < -0.39 is 15.9 Å². The average Bonchev–Trinajstić information content (AvgIpc) is 1.64. The van der Waals surface area contributed by atoms with Crippen LogP contribution in [0.4, 0.5) is 13.3 Å². The van der Waals surface area contributed by atoms with Gasteiger partial charge in [0, 0.05) is 0 Å². The van der Waals surface area contributed by atoms with Gasteiger partial charge in [0.1, 0.15) is 1.37 Å². The van der Waals surface area contributed by atoms with Gasteiger partial charge in [-0.15, -0.1) is 0 Å². The minimum Gasteiger partial charge on any atom is -0.191 e. The molecular formula is CHF3O3S. The number of alkyl halides is 2. The van der Waals surface area contributed by atoms with Gasteiger partial charge in [-0.3, -0.25) is 0 Å². The van der Waals surface area contributed by atoms with Crippen molar-refractivity contribution in [2.75, 3.05) is 0 Å². The van der Waals surface area contributed by atoms with E-state index in [0.29, 0.717) is 0 Å². The largest absolute Gasteiger partial charge is 0.363 e. The molecule has 8 heavy (non-hydrogen) atoms. The molecule has 0 spiro atoms. The monoisotopic (exact) mass is 151 g/mol. The van der Waals surface area contributed by atoms with Crippen LogP contribution in [0, 0.1) is 0 Å². The van der Waals surface area contributed by atoms with Crippen LogP contribution in [0.15, 0.2) is 0 Å². The molecule has 50 valence electrons. The van der Waals surface area contributed by atoms with Crippen LogP contribution >= 0.6 is 0 Å². The quantitative estimate of drug-likeness (QED) is 0.575. The second-order valence-corrected chi connectivity index (χ2v) is 2.09. The maximum absolute atomic E-state index is 11.2. The highest BCUT2D eigenvalue weighted by molar-refractivity contribution is 7.86. The van der Waals surface area contributed by atoms with Gasteiger partial charge in [-0.05, 0) is 4.53 Å². The van der Waals surface area contributed by atoms with Crippen LogP contribution < -0.4 is 0 Å². The fourth-order valence-corrected chi connectivity index (χ4v) is 0.0714. The molecule has 0 unspecified atom stereocenters. The molecular weight excluding hydrogens is 149 g/mol. The lowest BCUT2D eigenvalue weighted by Crippen LogP contribution is -2.09. The van der Waals surface area contributed by atoms with Crippen molar-refractivity contribution in [3.05, 3.63) is 0 Å². The summed E-state index contributed by atoms with van der Waals surface area (Å²) < 4.78 is 59.3. The van der Waals surface area contributed by atoms with Crippen LogP contribution in [0.3, 0.4) is 0 Å². The lowest BCUT2D eigenvalue weighted by molar-refractivity contribution is -0.00838. The van der Waals surface area contributed by atoms with Crippen LogP contribution in [0.5, 0.6) is 0 Å². The highest BCUT2D eigenvalue weighted by atomic mass is 32.2. The van der Waals surface area contributed by atoms with Crippen molar-refractivity contribution in [1.82, 2.24) is 0 Å². The van der Waals surface area contributed by atoms with Crippen LogP contribution in [0.1, 0.15) is 1.37 Å². The summed E-state index contributed by atoms with van der Waals surface area (Å²) in [5.74, 6) is 0. The van der Waals surface area contributed by atoms with Gasteiger partial charge < -0.3 is 0 Å². The highest BCUT2D eigenvalue weighted by Gasteiger charge is 2.25. The van der Waals surface area contributed by atoms with E-state index in [9.17, 15) is 21.7 Å². The van der Waals surface area contributed by atoms with Crippen molar-refractivity contribution in [2.24, 2.45) is 0 Å². The molecule has 0 N–H and O–H groups in total. The zero-order valence-corrected chi connectivity index (χ0v) is 4.08. The molecule has 0 fully saturated rings. The molecule has 3 nitrogen and oxygen atoms in total. The van der Waals surface area contributed by atoms with Crippen LogP contribution in [-0.4, -0.2) is 14.2 Å². The van der Waals surface area contributed by atoms with E-state index in [0.717, 1.165) is 0 Å². The van der Waals surface area contributed by atoms with E-state index in [4.69, 9.17) is 1.37 Å². The number of hydrogen-bond donors (Lipinski definition) is 0. The molecule has 0 atom stereocenters. The molecule has 0 aromatic rings. The van der Waals surface area contributed by atoms with E-state index >= 15 is 0 Å². The summed E-state index contributed by atoms with van der Waals surface area (Å²) in [4.78, 5) is 0. The fourth-order valence-electron chi connectivity index (χ4n) is 0.0238. The molecule has 0 radical (unpaired) electrons. The second kappa shape index (κ2) is 2.31. The summed E-state index contributed by atoms with van der Waals surface area (Å²) in [6.45, 7) is 0. The van der Waals surface area contributed by atoms with E-state index in [-0.39, 0.29) is 0 Å². The van der Waals surface area contributed by atoms with E-state index in [1.54, 1.807) is 0 Å². The molecule has 0 bridgehead atoms. The molecule has 0 aliphatic rings. The standard InChI is InChI=1S/CHF3O3S/c2-1(3)8(5,6)7-4/h1H/i1D. The predicted octanol–water partition coefficient (Wildman–Crippen LogP) is 0.440. The summed E-state index contributed by atoms with van der Waals surface area (Å²) >= 11 is 0. The highest BCUT2D eigenvalue weighted by Crippen LogP contribution is 2.05. The molecule has 0 aliphatic carbocycles. The summed E-state index contributed by atoms with van der Waals surface area (Å²) in [6, 6.07) is 0. The number of rotatable bonds is 2. The molecule has 0 amide bonds. The topological polar surface area (TPSA) is 43.4 Å². The van der Waals surface area contributed by atoms with Gasteiger partial charge in [-0.1, -0.05) is 4.39 Å². The third-order valence-corrected chi connectivity index (χ3v) is 0.816. The zero-order valence-electron chi connectivity index (χ0n) is 4.27. The molecule has 0 rings (SSSR count). The Morgan fingerprint density at radius 3 is 2.00 bits per heavy atom. The lowest BCUT2D eigenvalue weighted by Gasteiger charge is -1.90. The molecule has 0 saturated heterocycles. The Morgan fingerprint density at radius 1 is 1.62 bits per heavy atom. The molecule has 0 aromatic carbocycles. The van der Waals surface area contributed by atoms with E-state index in [1.165, 1.54) is 0 Å². The smallest absolute Gasteiger partial charge is 0.191 e. The Bertz CT molecular complexity index is 180. The summed E-state index contributed by atoms with van der Waals surface area (Å²) in [6.07, 6.45) is 0. The van der Waals surface area contributed by atoms with Gasteiger partial charge in [-0.2, -0.15) is 17.2 Å². The van der Waals surface area contributed by atoms with Crippen molar-refractivity contribution >= 4 is 10.1 Å². The summed E-state index contributed by atoms with van der Waals surface area (Å²) in [5.41, 5.74) is -4.93. The number of halogens is 3. The van der Waals surface area contributed by atoms with Crippen molar-refractivity contribution in [1.29, 1.82) is 0 Å². The Labute approximate surface area is 44.5 Å². The van der Waals surface area contributed by atoms with Crippen LogP contribution in [-0.2, 0) is 14.5 Å². The van der Waals surface area contributed by atoms with Gasteiger partial charge in [0.2, 0.25) is 0 Å². The minimum atomic E-state index is -5.67. The third-order valence-electron chi connectivity index (χ3n) is 0.272. The van der Waals surface area contributed by atoms with Gasteiger partial charge in [0.25, 0.3) is 0 Å². The normalized spacial score (nSPS) is 15.6. The molecule has 0 saturated carbocycles. The minimum absolute atomic E-state index is 1.84. The van der Waals surface area contributed by atoms with Gasteiger partial charge in [-0.25, -0.2) is 0 Å². The summed E-state index contributed by atoms with van der Waals surface area (Å²) in [7, 11) is -5.67. The Balaban J connectivity index is 4.57. The number of hydrogen-bond acceptors (Lipinski definition) is 3. The molecule has 0 aliphatic heterocycles. The molecule has 0 heterocycles. The van der Waals surface area contributed by atoms with Crippen molar-refractivity contribution < 1.29 is 27.5 Å². The second-order valence-electron chi connectivity index (χ2n) is 0.743. The van der Waals surface area contributed by atoms with Gasteiger partial charge >= 0.3 is 15.9 Å². The van der Waals surface area contributed by atoms with Gasteiger partial charge in [0.05, 0.1) is 0 Å². The Kier molecular flexibility index (Phi) is 1.69. The predicted molar refractivity (Wildman–Crippen MR) is 17.1 cm³/mol. The maximum Gasteiger partial charge on any atom is 0.363 e. The van der Waals surface area contributed by atoms with Crippen LogP contribution in [0.2, 0.25) is 0 Å². The first-order valence-electron chi connectivity index (χ1n) is 1.74. The lowest BCUT2D eigenvalue weighted by atomic mass is 11.7. The van der Waals surface area contributed by atoms with Crippen LogP contribution in [0.25, 0.3) is 0 Å². The maximum atomic E-state index is 11.2.